The molecule has 3 nitrogen and oxygen atoms in total. The molecule has 0 N–H and O–H groups in total. The third-order valence-electron chi connectivity index (χ3n) is 6.88. The summed E-state index contributed by atoms with van der Waals surface area (Å²) in [6.45, 7) is 7.78. The Morgan fingerprint density at radius 3 is 2.50 bits per heavy atom. The fourth-order valence-corrected chi connectivity index (χ4v) is 6.12. The van der Waals surface area contributed by atoms with Crippen LogP contribution in [0.2, 0.25) is 0 Å². The minimum absolute atomic E-state index is 0.104. The van der Waals surface area contributed by atoms with Gasteiger partial charge >= 0.3 is 0 Å². The smallest absolute Gasteiger partial charge is 0.293 e. The first-order valence-corrected chi connectivity index (χ1v) is 8.00. The van der Waals surface area contributed by atoms with Crippen LogP contribution in [0.5, 0.6) is 0 Å². The normalized spacial score (nSPS) is 49.5. The van der Waals surface area contributed by atoms with Gasteiger partial charge in [-0.2, -0.15) is 0 Å². The van der Waals surface area contributed by atoms with E-state index in [1.54, 1.807) is 0 Å². The van der Waals surface area contributed by atoms with Gasteiger partial charge in [-0.25, -0.2) is 0 Å². The van der Waals surface area contributed by atoms with Crippen LogP contribution in [0, 0.1) is 22.2 Å². The zero-order valence-corrected chi connectivity index (χ0v) is 13.3. The topological polar surface area (TPSA) is 35.5 Å². The average molecular weight is 280 g/mol. The van der Waals surface area contributed by atoms with Crippen molar-refractivity contribution in [3.05, 3.63) is 0 Å². The Kier molecular flexibility index (Phi) is 3.20. The van der Waals surface area contributed by atoms with E-state index >= 15 is 0 Å². The standard InChI is InChI=1S/C17H28O3/c1-15(2)9-14(19-4)17-8-6-13(20-11-18)16(3,10-17)7-5-12(15)17/h11-14H,5-10H2,1-4H3/t12-,13+,14-,16+,17-/m0/s1. The third-order valence-corrected chi connectivity index (χ3v) is 6.88. The Morgan fingerprint density at radius 1 is 1.10 bits per heavy atom. The Hall–Kier alpha value is -0.570. The molecule has 0 radical (unpaired) electrons. The molecule has 0 heterocycles. The fraction of sp³-hybridized carbons (Fsp3) is 0.941. The molecule has 3 saturated carbocycles. The number of carbonyl (C=O) groups is 1. The van der Waals surface area contributed by atoms with Gasteiger partial charge in [0.25, 0.3) is 6.47 Å². The van der Waals surface area contributed by atoms with Crippen LogP contribution >= 0.6 is 0 Å². The van der Waals surface area contributed by atoms with Crippen molar-refractivity contribution in [3.8, 4) is 0 Å². The largest absolute Gasteiger partial charge is 0.464 e. The van der Waals surface area contributed by atoms with E-state index in [1.165, 1.54) is 19.3 Å². The van der Waals surface area contributed by atoms with Gasteiger partial charge in [0, 0.05) is 17.9 Å². The molecule has 0 amide bonds. The first kappa shape index (κ1) is 14.4. The second-order valence-corrected chi connectivity index (χ2v) is 8.33. The molecular weight excluding hydrogens is 252 g/mol. The van der Waals surface area contributed by atoms with Crippen molar-refractivity contribution in [1.29, 1.82) is 0 Å². The number of rotatable bonds is 3. The summed E-state index contributed by atoms with van der Waals surface area (Å²) in [4.78, 5) is 10.8. The Labute approximate surface area is 122 Å². The molecule has 0 aromatic heterocycles. The highest BCUT2D eigenvalue weighted by molar-refractivity contribution is 5.38. The molecule has 0 aromatic rings. The molecule has 3 rings (SSSR count). The molecule has 114 valence electrons. The van der Waals surface area contributed by atoms with Crippen molar-refractivity contribution < 1.29 is 14.3 Å². The number of carbonyl (C=O) groups excluding carboxylic acids is 1. The van der Waals surface area contributed by atoms with Crippen molar-refractivity contribution >= 4 is 6.47 Å². The van der Waals surface area contributed by atoms with E-state index in [2.05, 4.69) is 20.8 Å². The van der Waals surface area contributed by atoms with Gasteiger partial charge in [0.2, 0.25) is 0 Å². The van der Waals surface area contributed by atoms with Crippen LogP contribution in [0.25, 0.3) is 0 Å². The van der Waals surface area contributed by atoms with Gasteiger partial charge in [0.15, 0.2) is 0 Å². The van der Waals surface area contributed by atoms with Crippen LogP contribution in [0.3, 0.4) is 0 Å². The highest BCUT2D eigenvalue weighted by atomic mass is 16.5. The van der Waals surface area contributed by atoms with E-state index in [9.17, 15) is 4.79 Å². The van der Waals surface area contributed by atoms with Crippen molar-refractivity contribution in [1.82, 2.24) is 0 Å². The molecule has 20 heavy (non-hydrogen) atoms. The maximum atomic E-state index is 10.8. The number of fused-ring (bicyclic) bond motifs is 1. The minimum atomic E-state index is 0.104. The molecule has 5 atom stereocenters. The number of hydrogen-bond acceptors (Lipinski definition) is 3. The maximum Gasteiger partial charge on any atom is 0.293 e. The van der Waals surface area contributed by atoms with Gasteiger partial charge in [0.05, 0.1) is 6.10 Å². The summed E-state index contributed by atoms with van der Waals surface area (Å²) < 4.78 is 11.3. The first-order chi connectivity index (χ1) is 9.38. The van der Waals surface area contributed by atoms with Crippen molar-refractivity contribution in [3.63, 3.8) is 0 Å². The highest BCUT2D eigenvalue weighted by Crippen LogP contribution is 2.69. The van der Waals surface area contributed by atoms with Gasteiger partial charge in [0.1, 0.15) is 6.10 Å². The van der Waals surface area contributed by atoms with E-state index < -0.39 is 0 Å². The van der Waals surface area contributed by atoms with Crippen LogP contribution in [0.1, 0.15) is 59.3 Å². The summed E-state index contributed by atoms with van der Waals surface area (Å²) in [5.74, 6) is 0.755. The zero-order chi connectivity index (χ0) is 14.6. The SMILES string of the molecule is CO[C@H]1CC(C)(C)[C@@H]2CC[C@]3(C)C[C@]12CC[C@H]3OC=O. The molecule has 0 unspecified atom stereocenters. The van der Waals surface area contributed by atoms with Gasteiger partial charge < -0.3 is 9.47 Å². The second kappa shape index (κ2) is 4.46. The molecule has 1 spiro atoms. The molecule has 2 bridgehead atoms. The highest BCUT2D eigenvalue weighted by Gasteiger charge is 2.65. The van der Waals surface area contributed by atoms with E-state index in [-0.39, 0.29) is 11.5 Å². The Morgan fingerprint density at radius 2 is 1.85 bits per heavy atom. The average Bonchev–Trinajstić information content (AvgIpc) is 2.60. The van der Waals surface area contributed by atoms with Gasteiger partial charge in [-0.1, -0.05) is 20.8 Å². The minimum Gasteiger partial charge on any atom is -0.464 e. The second-order valence-electron chi connectivity index (χ2n) is 8.33. The summed E-state index contributed by atoms with van der Waals surface area (Å²) >= 11 is 0. The molecule has 0 aromatic carbocycles. The van der Waals surface area contributed by atoms with Crippen LogP contribution in [-0.2, 0) is 14.3 Å². The van der Waals surface area contributed by atoms with Crippen LogP contribution in [0.4, 0.5) is 0 Å². The van der Waals surface area contributed by atoms with Crippen LogP contribution in [0.15, 0.2) is 0 Å². The summed E-state index contributed by atoms with van der Waals surface area (Å²) in [5.41, 5.74) is 0.835. The molecule has 0 aliphatic heterocycles. The number of hydrogen-bond donors (Lipinski definition) is 0. The van der Waals surface area contributed by atoms with E-state index in [0.717, 1.165) is 25.2 Å². The Balaban J connectivity index is 1.94. The maximum absolute atomic E-state index is 10.8. The summed E-state index contributed by atoms with van der Waals surface area (Å²) in [5, 5.41) is 0. The number of ether oxygens (including phenoxy) is 2. The van der Waals surface area contributed by atoms with Crippen LogP contribution < -0.4 is 0 Å². The lowest BCUT2D eigenvalue weighted by molar-refractivity contribution is -0.172. The van der Waals surface area contributed by atoms with Crippen molar-refractivity contribution in [2.45, 2.75) is 71.5 Å². The lowest BCUT2D eigenvalue weighted by Gasteiger charge is -2.58. The summed E-state index contributed by atoms with van der Waals surface area (Å²) in [6, 6.07) is 0. The lowest BCUT2D eigenvalue weighted by Crippen LogP contribution is -2.55. The number of methoxy groups -OCH3 is 1. The summed E-state index contributed by atoms with van der Waals surface area (Å²) in [6.07, 6.45) is 7.39. The predicted molar refractivity (Wildman–Crippen MR) is 77.2 cm³/mol. The van der Waals surface area contributed by atoms with Crippen molar-refractivity contribution in [2.75, 3.05) is 7.11 Å². The van der Waals surface area contributed by atoms with E-state index in [0.29, 0.717) is 23.4 Å². The van der Waals surface area contributed by atoms with Gasteiger partial charge in [-0.3, -0.25) is 4.79 Å². The molecule has 3 aliphatic rings. The van der Waals surface area contributed by atoms with Crippen LogP contribution in [-0.4, -0.2) is 25.8 Å². The lowest BCUT2D eigenvalue weighted by atomic mass is 9.49. The molecule has 3 heteroatoms. The van der Waals surface area contributed by atoms with E-state index in [4.69, 9.17) is 9.47 Å². The first-order valence-electron chi connectivity index (χ1n) is 8.00. The molecular formula is C17H28O3. The molecule has 3 aliphatic carbocycles. The zero-order valence-electron chi connectivity index (χ0n) is 13.3. The monoisotopic (exact) mass is 280 g/mol. The van der Waals surface area contributed by atoms with Crippen molar-refractivity contribution in [2.24, 2.45) is 22.2 Å². The Bertz CT molecular complexity index is 405. The van der Waals surface area contributed by atoms with E-state index in [1.807, 2.05) is 7.11 Å². The quantitative estimate of drug-likeness (QED) is 0.742. The molecule has 3 fully saturated rings. The van der Waals surface area contributed by atoms with Gasteiger partial charge in [-0.05, 0) is 49.9 Å². The third kappa shape index (κ3) is 1.78. The van der Waals surface area contributed by atoms with Gasteiger partial charge in [-0.15, -0.1) is 0 Å². The predicted octanol–water partition coefficient (Wildman–Crippen LogP) is 3.56. The molecule has 0 saturated heterocycles. The summed E-state index contributed by atoms with van der Waals surface area (Å²) in [7, 11) is 1.87. The fourth-order valence-electron chi connectivity index (χ4n) is 6.12.